The Morgan fingerprint density at radius 3 is 2.87 bits per heavy atom. The van der Waals surface area contributed by atoms with Gasteiger partial charge in [0.1, 0.15) is 12.1 Å². The maximum absolute atomic E-state index is 12.2. The minimum atomic E-state index is -0.138. The van der Waals surface area contributed by atoms with Gasteiger partial charge in [-0.3, -0.25) is 5.32 Å². The Kier molecular flexibility index (Phi) is 3.75. The topological polar surface area (TPSA) is 87.1 Å². The first-order valence-corrected chi connectivity index (χ1v) is 8.69. The number of fused-ring (bicyclic) bond motifs is 1. The zero-order valence-electron chi connectivity index (χ0n) is 12.0. The van der Waals surface area contributed by atoms with Gasteiger partial charge in [0.15, 0.2) is 5.82 Å². The average Bonchev–Trinajstić information content (AvgIpc) is 3.25. The number of carbonyl (C=O) groups is 1. The highest BCUT2D eigenvalue weighted by Gasteiger charge is 2.23. The largest absolute Gasteiger partial charge is 0.352 e. The molecule has 0 aromatic carbocycles. The number of thiophene rings is 1. The van der Waals surface area contributed by atoms with Crippen LogP contribution in [0.2, 0.25) is 0 Å². The maximum Gasteiger partial charge on any atom is 0.323 e. The Morgan fingerprint density at radius 1 is 1.22 bits per heavy atom. The standard InChI is InChI=1S/C13H13N7OS2/c21-13(17-10-7-16-23-18-10)20-4-2-19(3-5-20)12-11-9(1-6-22-11)14-8-15-12/h1,6-8H,2-5H2,(H,17,18,21). The number of piperazine rings is 1. The molecule has 0 atom stereocenters. The van der Waals surface area contributed by atoms with Gasteiger partial charge in [-0.2, -0.15) is 8.75 Å². The summed E-state index contributed by atoms with van der Waals surface area (Å²) in [5, 5.41) is 4.78. The molecule has 1 N–H and O–H groups in total. The van der Waals surface area contributed by atoms with Crippen molar-refractivity contribution in [3.63, 3.8) is 0 Å². The summed E-state index contributed by atoms with van der Waals surface area (Å²) < 4.78 is 8.96. The van der Waals surface area contributed by atoms with Crippen LogP contribution in [0.1, 0.15) is 0 Å². The van der Waals surface area contributed by atoms with E-state index in [2.05, 4.69) is 28.9 Å². The molecule has 4 heterocycles. The van der Waals surface area contributed by atoms with Crippen LogP contribution in [-0.4, -0.2) is 55.8 Å². The molecular formula is C13H13N7OS2. The van der Waals surface area contributed by atoms with Crippen molar-refractivity contribution in [2.24, 2.45) is 0 Å². The van der Waals surface area contributed by atoms with E-state index in [9.17, 15) is 4.79 Å². The molecule has 4 rings (SSSR count). The van der Waals surface area contributed by atoms with Gasteiger partial charge in [0.2, 0.25) is 0 Å². The van der Waals surface area contributed by atoms with E-state index < -0.39 is 0 Å². The summed E-state index contributed by atoms with van der Waals surface area (Å²) in [6, 6.07) is 1.86. The van der Waals surface area contributed by atoms with Gasteiger partial charge >= 0.3 is 6.03 Å². The fraction of sp³-hybridized carbons (Fsp3) is 0.308. The summed E-state index contributed by atoms with van der Waals surface area (Å²) in [4.78, 5) is 24.9. The van der Waals surface area contributed by atoms with Gasteiger partial charge in [-0.15, -0.1) is 11.3 Å². The van der Waals surface area contributed by atoms with Crippen LogP contribution in [0.4, 0.5) is 16.4 Å². The fourth-order valence-electron chi connectivity index (χ4n) is 2.53. The monoisotopic (exact) mass is 347 g/mol. The molecular weight excluding hydrogens is 334 g/mol. The molecule has 1 aliphatic rings. The van der Waals surface area contributed by atoms with Crippen molar-refractivity contribution < 1.29 is 4.79 Å². The van der Waals surface area contributed by atoms with Gasteiger partial charge in [-0.25, -0.2) is 14.8 Å². The van der Waals surface area contributed by atoms with Crippen molar-refractivity contribution in [3.05, 3.63) is 24.0 Å². The molecule has 23 heavy (non-hydrogen) atoms. The van der Waals surface area contributed by atoms with Crippen molar-refractivity contribution in [1.29, 1.82) is 0 Å². The number of amides is 2. The van der Waals surface area contributed by atoms with Crippen LogP contribution < -0.4 is 10.2 Å². The number of nitrogens with zero attached hydrogens (tertiary/aromatic N) is 6. The number of anilines is 2. The number of carbonyl (C=O) groups excluding carboxylic acids is 1. The average molecular weight is 347 g/mol. The summed E-state index contributed by atoms with van der Waals surface area (Å²) in [6.45, 7) is 2.76. The van der Waals surface area contributed by atoms with Crippen LogP contribution in [0, 0.1) is 0 Å². The fourth-order valence-corrected chi connectivity index (χ4v) is 3.77. The van der Waals surface area contributed by atoms with Crippen LogP contribution in [0.15, 0.2) is 24.0 Å². The van der Waals surface area contributed by atoms with E-state index in [0.29, 0.717) is 18.9 Å². The molecule has 3 aromatic heterocycles. The van der Waals surface area contributed by atoms with Crippen LogP contribution in [0.25, 0.3) is 10.2 Å². The van der Waals surface area contributed by atoms with Crippen LogP contribution in [-0.2, 0) is 0 Å². The van der Waals surface area contributed by atoms with Crippen LogP contribution in [0.3, 0.4) is 0 Å². The second-order valence-corrected chi connectivity index (χ2v) is 6.50. The van der Waals surface area contributed by atoms with Crippen LogP contribution in [0.5, 0.6) is 0 Å². The summed E-state index contributed by atoms with van der Waals surface area (Å²) in [7, 11) is 0. The molecule has 0 saturated carbocycles. The normalized spacial score (nSPS) is 15.1. The van der Waals surface area contributed by atoms with E-state index in [1.165, 1.54) is 0 Å². The first-order chi connectivity index (χ1) is 11.3. The zero-order valence-corrected chi connectivity index (χ0v) is 13.7. The van der Waals surface area contributed by atoms with Crippen molar-refractivity contribution in [3.8, 4) is 0 Å². The third kappa shape index (κ3) is 2.82. The third-order valence-corrected chi connectivity index (χ3v) is 5.06. The molecule has 118 valence electrons. The summed E-state index contributed by atoms with van der Waals surface area (Å²) in [6.07, 6.45) is 3.14. The van der Waals surface area contributed by atoms with Crippen LogP contribution >= 0.6 is 23.1 Å². The maximum atomic E-state index is 12.2. The number of rotatable bonds is 2. The van der Waals surface area contributed by atoms with Crippen molar-refractivity contribution in [2.45, 2.75) is 0 Å². The van der Waals surface area contributed by atoms with E-state index in [1.54, 1.807) is 28.8 Å². The molecule has 0 aliphatic carbocycles. The number of hydrogen-bond acceptors (Lipinski definition) is 8. The second-order valence-electron chi connectivity index (χ2n) is 5.03. The lowest BCUT2D eigenvalue weighted by Gasteiger charge is -2.35. The molecule has 1 fully saturated rings. The lowest BCUT2D eigenvalue weighted by atomic mass is 10.3. The Morgan fingerprint density at radius 2 is 2.09 bits per heavy atom. The van der Waals surface area contributed by atoms with Gasteiger partial charge in [0.05, 0.1) is 28.1 Å². The summed E-state index contributed by atoms with van der Waals surface area (Å²) >= 11 is 2.72. The van der Waals surface area contributed by atoms with Gasteiger partial charge in [-0.1, -0.05) is 0 Å². The Hall–Kier alpha value is -2.33. The van der Waals surface area contributed by atoms with Gasteiger partial charge in [0, 0.05) is 26.2 Å². The van der Waals surface area contributed by atoms with Gasteiger partial charge in [-0.05, 0) is 11.4 Å². The predicted molar refractivity (Wildman–Crippen MR) is 90.1 cm³/mol. The first kappa shape index (κ1) is 14.3. The Balaban J connectivity index is 1.43. The molecule has 8 nitrogen and oxygen atoms in total. The second kappa shape index (κ2) is 6.05. The highest BCUT2D eigenvalue weighted by molar-refractivity contribution is 7.17. The molecule has 1 aliphatic heterocycles. The lowest BCUT2D eigenvalue weighted by Crippen LogP contribution is -2.50. The first-order valence-electron chi connectivity index (χ1n) is 7.08. The minimum Gasteiger partial charge on any atom is -0.352 e. The zero-order chi connectivity index (χ0) is 15.6. The number of aromatic nitrogens is 4. The van der Waals surface area contributed by atoms with Crippen molar-refractivity contribution >= 4 is 50.9 Å². The molecule has 0 spiro atoms. The van der Waals surface area contributed by atoms with Gasteiger partial charge in [0.25, 0.3) is 0 Å². The van der Waals surface area contributed by atoms with Crippen molar-refractivity contribution in [1.82, 2.24) is 23.6 Å². The molecule has 3 aromatic rings. The molecule has 0 bridgehead atoms. The minimum absolute atomic E-state index is 0.138. The van der Waals surface area contributed by atoms with Gasteiger partial charge < -0.3 is 9.80 Å². The van der Waals surface area contributed by atoms with E-state index in [-0.39, 0.29) is 6.03 Å². The highest BCUT2D eigenvalue weighted by Crippen LogP contribution is 2.28. The van der Waals surface area contributed by atoms with E-state index in [4.69, 9.17) is 0 Å². The molecule has 1 saturated heterocycles. The number of nitrogens with one attached hydrogen (secondary N) is 1. The number of hydrogen-bond donors (Lipinski definition) is 1. The van der Waals surface area contributed by atoms with E-state index >= 15 is 0 Å². The summed E-state index contributed by atoms with van der Waals surface area (Å²) in [5.41, 5.74) is 0.969. The molecule has 0 unspecified atom stereocenters. The smallest absolute Gasteiger partial charge is 0.323 e. The highest BCUT2D eigenvalue weighted by atomic mass is 32.1. The molecule has 2 amide bonds. The lowest BCUT2D eigenvalue weighted by molar-refractivity contribution is 0.208. The predicted octanol–water partition coefficient (Wildman–Crippen LogP) is 1.90. The van der Waals surface area contributed by atoms with Crippen molar-refractivity contribution in [2.75, 3.05) is 36.4 Å². The Labute approximate surface area is 140 Å². The Bertz CT molecular complexity index is 811. The molecule has 10 heteroatoms. The van der Waals surface area contributed by atoms with E-state index in [0.717, 1.165) is 40.9 Å². The van der Waals surface area contributed by atoms with E-state index in [1.807, 2.05) is 11.4 Å². The third-order valence-electron chi connectivity index (χ3n) is 3.69. The quantitative estimate of drug-likeness (QED) is 0.762. The molecule has 0 radical (unpaired) electrons. The number of urea groups is 1. The SMILES string of the molecule is O=C(Nc1cnsn1)N1CCN(c2ncnc3ccsc23)CC1. The summed E-state index contributed by atoms with van der Waals surface area (Å²) in [5.74, 6) is 1.45.